The zero-order valence-electron chi connectivity index (χ0n) is 10.7. The first-order valence-corrected chi connectivity index (χ1v) is 7.58. The number of nitrogens with zero attached hydrogens (tertiary/aromatic N) is 2. The Kier molecular flexibility index (Phi) is 4.19. The topological polar surface area (TPSA) is 117 Å². The van der Waals surface area contributed by atoms with E-state index < -0.39 is 33.6 Å². The molecule has 1 fully saturated rings. The molecule has 2 N–H and O–H groups in total. The standard InChI is InChI=1S/C11H12FN3O5S/c12-8-5-7(2-4-21(18,19)20)6-13-10(8)15-3-1-9(16)14-11(15)17/h5-6H,1-4H2,(H,14,16,17)(H,18,19,20). The van der Waals surface area contributed by atoms with Crippen molar-refractivity contribution < 1.29 is 27.0 Å². The molecule has 0 aliphatic carbocycles. The minimum absolute atomic E-state index is 0.0128. The fraction of sp³-hybridized carbons (Fsp3) is 0.364. The summed E-state index contributed by atoms with van der Waals surface area (Å²) in [5, 5.41) is 2.04. The van der Waals surface area contributed by atoms with Gasteiger partial charge in [0.15, 0.2) is 11.6 Å². The van der Waals surface area contributed by atoms with Gasteiger partial charge in [-0.3, -0.25) is 19.6 Å². The minimum atomic E-state index is -4.14. The molecule has 0 unspecified atom stereocenters. The molecule has 8 nitrogen and oxygen atoms in total. The lowest BCUT2D eigenvalue weighted by Crippen LogP contribution is -2.50. The molecule has 2 rings (SSSR count). The van der Waals surface area contributed by atoms with Crippen LogP contribution in [0.4, 0.5) is 15.0 Å². The summed E-state index contributed by atoms with van der Waals surface area (Å²) in [6, 6.07) is 0.278. The highest BCUT2D eigenvalue weighted by Gasteiger charge is 2.27. The van der Waals surface area contributed by atoms with Crippen molar-refractivity contribution >= 4 is 27.9 Å². The number of carbonyl (C=O) groups excluding carboxylic acids is 2. The Morgan fingerprint density at radius 1 is 1.43 bits per heavy atom. The third-order valence-corrected chi connectivity index (χ3v) is 3.56. The van der Waals surface area contributed by atoms with Crippen LogP contribution in [-0.4, -0.2) is 42.2 Å². The van der Waals surface area contributed by atoms with Gasteiger partial charge in [-0.05, 0) is 18.1 Å². The Morgan fingerprint density at radius 3 is 2.71 bits per heavy atom. The minimum Gasteiger partial charge on any atom is -0.286 e. The van der Waals surface area contributed by atoms with E-state index in [-0.39, 0.29) is 30.8 Å². The number of pyridine rings is 1. The second-order valence-electron chi connectivity index (χ2n) is 4.44. The Hall–Kier alpha value is -2.07. The number of hydrogen-bond acceptors (Lipinski definition) is 5. The predicted octanol–water partition coefficient (Wildman–Crippen LogP) is 0.0973. The van der Waals surface area contributed by atoms with Crippen LogP contribution in [0.15, 0.2) is 12.3 Å². The number of anilines is 1. The number of aromatic nitrogens is 1. The summed E-state index contributed by atoms with van der Waals surface area (Å²) >= 11 is 0. The molecule has 1 aliphatic rings. The number of carbonyl (C=O) groups is 2. The monoisotopic (exact) mass is 317 g/mol. The largest absolute Gasteiger partial charge is 0.329 e. The van der Waals surface area contributed by atoms with E-state index in [0.717, 1.165) is 11.0 Å². The molecule has 10 heteroatoms. The highest BCUT2D eigenvalue weighted by Crippen LogP contribution is 2.19. The van der Waals surface area contributed by atoms with Gasteiger partial charge in [-0.2, -0.15) is 8.42 Å². The Labute approximate surface area is 119 Å². The highest BCUT2D eigenvalue weighted by molar-refractivity contribution is 7.85. The van der Waals surface area contributed by atoms with Gasteiger partial charge >= 0.3 is 6.03 Å². The van der Waals surface area contributed by atoms with E-state index >= 15 is 0 Å². The summed E-state index contributed by atoms with van der Waals surface area (Å²) in [4.78, 5) is 27.4. The van der Waals surface area contributed by atoms with Crippen molar-refractivity contribution in [2.75, 3.05) is 17.2 Å². The normalized spacial score (nSPS) is 16.0. The van der Waals surface area contributed by atoms with Crippen molar-refractivity contribution in [2.24, 2.45) is 0 Å². The predicted molar refractivity (Wildman–Crippen MR) is 69.8 cm³/mol. The Bertz CT molecular complexity index is 691. The number of nitrogens with one attached hydrogen (secondary N) is 1. The molecule has 0 aromatic carbocycles. The van der Waals surface area contributed by atoms with Crippen LogP contribution in [0, 0.1) is 5.82 Å². The Balaban J connectivity index is 2.16. The van der Waals surface area contributed by atoms with Gasteiger partial charge in [-0.15, -0.1) is 0 Å². The molecular formula is C11H12FN3O5S. The summed E-state index contributed by atoms with van der Waals surface area (Å²) in [5.41, 5.74) is 0.266. The Morgan fingerprint density at radius 2 is 2.14 bits per heavy atom. The number of rotatable bonds is 4. The molecule has 3 amide bonds. The van der Waals surface area contributed by atoms with Crippen LogP contribution in [0.3, 0.4) is 0 Å². The van der Waals surface area contributed by atoms with E-state index in [0.29, 0.717) is 0 Å². The number of hydrogen-bond donors (Lipinski definition) is 2. The summed E-state index contributed by atoms with van der Waals surface area (Å²) < 4.78 is 43.8. The zero-order valence-corrected chi connectivity index (χ0v) is 11.6. The molecule has 21 heavy (non-hydrogen) atoms. The van der Waals surface area contributed by atoms with Crippen LogP contribution in [0.2, 0.25) is 0 Å². The van der Waals surface area contributed by atoms with Crippen LogP contribution in [0.25, 0.3) is 0 Å². The molecule has 0 bridgehead atoms. The number of urea groups is 1. The fourth-order valence-electron chi connectivity index (χ4n) is 1.82. The van der Waals surface area contributed by atoms with Crippen LogP contribution in [0.1, 0.15) is 12.0 Å². The van der Waals surface area contributed by atoms with Crippen LogP contribution >= 0.6 is 0 Å². The average Bonchev–Trinajstić information content (AvgIpc) is 2.37. The van der Waals surface area contributed by atoms with E-state index in [1.54, 1.807) is 0 Å². The van der Waals surface area contributed by atoms with Gasteiger partial charge in [0, 0.05) is 19.2 Å². The third kappa shape index (κ3) is 3.95. The van der Waals surface area contributed by atoms with Gasteiger partial charge in [0.1, 0.15) is 0 Å². The van der Waals surface area contributed by atoms with Gasteiger partial charge < -0.3 is 0 Å². The second-order valence-corrected chi connectivity index (χ2v) is 6.01. The highest BCUT2D eigenvalue weighted by atomic mass is 32.2. The first kappa shape index (κ1) is 15.3. The van der Waals surface area contributed by atoms with Gasteiger partial charge in [-0.25, -0.2) is 14.2 Å². The van der Waals surface area contributed by atoms with E-state index in [1.807, 2.05) is 5.32 Å². The van der Waals surface area contributed by atoms with Crippen molar-refractivity contribution in [3.05, 3.63) is 23.6 Å². The van der Waals surface area contributed by atoms with Gasteiger partial charge in [0.25, 0.3) is 10.1 Å². The van der Waals surface area contributed by atoms with Crippen LogP contribution in [0.5, 0.6) is 0 Å². The van der Waals surface area contributed by atoms with Crippen LogP contribution in [-0.2, 0) is 21.3 Å². The molecule has 2 heterocycles. The molecule has 114 valence electrons. The molecule has 1 aromatic rings. The number of aryl methyl sites for hydroxylation is 1. The number of imide groups is 1. The second kappa shape index (κ2) is 5.74. The summed E-state index contributed by atoms with van der Waals surface area (Å²) in [6.45, 7) is 0.0128. The lowest BCUT2D eigenvalue weighted by molar-refractivity contribution is -0.120. The lowest BCUT2D eigenvalue weighted by Gasteiger charge is -2.25. The summed E-state index contributed by atoms with van der Waals surface area (Å²) in [5.74, 6) is -2.05. The first-order valence-electron chi connectivity index (χ1n) is 5.97. The van der Waals surface area contributed by atoms with E-state index in [1.165, 1.54) is 6.20 Å². The van der Waals surface area contributed by atoms with Crippen molar-refractivity contribution in [2.45, 2.75) is 12.8 Å². The fourth-order valence-corrected chi connectivity index (χ4v) is 2.31. The molecule has 1 saturated heterocycles. The van der Waals surface area contributed by atoms with Gasteiger partial charge in [0.05, 0.1) is 5.75 Å². The van der Waals surface area contributed by atoms with Crippen LogP contribution < -0.4 is 10.2 Å². The number of halogens is 1. The SMILES string of the molecule is O=C1CCN(c2ncc(CCS(=O)(=O)O)cc2F)C(=O)N1. The molecule has 1 aliphatic heterocycles. The van der Waals surface area contributed by atoms with Crippen molar-refractivity contribution in [1.82, 2.24) is 10.3 Å². The molecule has 0 spiro atoms. The van der Waals surface area contributed by atoms with E-state index in [2.05, 4.69) is 4.98 Å². The molecule has 0 atom stereocenters. The smallest absolute Gasteiger partial charge is 0.286 e. The molecular weight excluding hydrogens is 305 g/mol. The molecule has 0 saturated carbocycles. The summed E-state index contributed by atoms with van der Waals surface area (Å²) in [6.07, 6.45) is 1.15. The van der Waals surface area contributed by atoms with Crippen molar-refractivity contribution in [3.63, 3.8) is 0 Å². The quantitative estimate of drug-likeness (QED) is 0.761. The third-order valence-electron chi connectivity index (χ3n) is 2.84. The van der Waals surface area contributed by atoms with Crippen molar-refractivity contribution in [1.29, 1.82) is 0 Å². The first-order chi connectivity index (χ1) is 9.76. The zero-order chi connectivity index (χ0) is 15.6. The number of amides is 3. The average molecular weight is 317 g/mol. The van der Waals surface area contributed by atoms with Gasteiger partial charge in [-0.1, -0.05) is 0 Å². The van der Waals surface area contributed by atoms with E-state index in [4.69, 9.17) is 4.55 Å². The maximum absolute atomic E-state index is 13.9. The maximum Gasteiger partial charge on any atom is 0.329 e. The van der Waals surface area contributed by atoms with E-state index in [9.17, 15) is 22.4 Å². The molecule has 1 aromatic heterocycles. The maximum atomic E-state index is 13.9. The summed E-state index contributed by atoms with van der Waals surface area (Å²) in [7, 11) is -4.14. The van der Waals surface area contributed by atoms with Crippen molar-refractivity contribution in [3.8, 4) is 0 Å². The molecule has 0 radical (unpaired) electrons. The lowest BCUT2D eigenvalue weighted by atomic mass is 10.2. The van der Waals surface area contributed by atoms with Gasteiger partial charge in [0.2, 0.25) is 5.91 Å².